The van der Waals surface area contributed by atoms with Crippen LogP contribution in [0.2, 0.25) is 0 Å². The van der Waals surface area contributed by atoms with Crippen molar-refractivity contribution < 1.29 is 22.0 Å². The molecule has 6 rings (SSSR count). The van der Waals surface area contributed by atoms with Crippen LogP contribution in [0.25, 0.3) is 16.5 Å². The van der Waals surface area contributed by atoms with Gasteiger partial charge in [0, 0.05) is 5.56 Å². The molecule has 0 bridgehead atoms. The first-order chi connectivity index (χ1) is 16.3. The van der Waals surface area contributed by atoms with Crippen molar-refractivity contribution >= 4 is 28.5 Å². The lowest BCUT2D eigenvalue weighted by Gasteiger charge is -2.14. The van der Waals surface area contributed by atoms with Crippen LogP contribution in [-0.2, 0) is 6.61 Å². The molecule has 0 amide bonds. The summed E-state index contributed by atoms with van der Waals surface area (Å²) < 4.78 is 6.07. The van der Waals surface area contributed by atoms with Crippen molar-refractivity contribution in [3.05, 3.63) is 132 Å². The van der Waals surface area contributed by atoms with E-state index in [1.807, 2.05) is 48.9 Å². The van der Waals surface area contributed by atoms with E-state index < -0.39 is 0 Å². The van der Waals surface area contributed by atoms with Crippen LogP contribution in [0, 0.1) is 0 Å². The van der Waals surface area contributed by atoms with Gasteiger partial charge < -0.3 is 17.1 Å². The summed E-state index contributed by atoms with van der Waals surface area (Å²) >= 11 is 0. The SMILES string of the molecule is C1=C[NH+]2C(c3cccc(OCc4ccccc4)c3)=NC(c3ccc4ccccc4c3)=C2C=N1.[Cl-]. The summed E-state index contributed by atoms with van der Waals surface area (Å²) in [6.07, 6.45) is 5.78. The summed E-state index contributed by atoms with van der Waals surface area (Å²) in [4.78, 5) is 10.6. The van der Waals surface area contributed by atoms with Gasteiger partial charge in [0.2, 0.25) is 5.84 Å². The third kappa shape index (κ3) is 4.17. The van der Waals surface area contributed by atoms with Crippen molar-refractivity contribution in [2.75, 3.05) is 0 Å². The van der Waals surface area contributed by atoms with E-state index in [0.717, 1.165) is 44.6 Å². The van der Waals surface area contributed by atoms with E-state index in [2.05, 4.69) is 71.7 Å². The Morgan fingerprint density at radius 1 is 0.735 bits per heavy atom. The van der Waals surface area contributed by atoms with Gasteiger partial charge in [-0.05, 0) is 40.6 Å². The summed E-state index contributed by atoms with van der Waals surface area (Å²) in [5, 5.41) is 2.42. The first-order valence-corrected chi connectivity index (χ1v) is 11.0. The number of ether oxygens (including phenoxy) is 1. The third-order valence-electron chi connectivity index (χ3n) is 5.93. The maximum absolute atomic E-state index is 6.07. The molecule has 4 aromatic carbocycles. The van der Waals surface area contributed by atoms with Gasteiger partial charge in [-0.2, -0.15) is 4.99 Å². The van der Waals surface area contributed by atoms with Gasteiger partial charge in [-0.15, -0.1) is 0 Å². The molecule has 0 radical (unpaired) electrons. The Morgan fingerprint density at radius 3 is 2.44 bits per heavy atom. The molecular weight excluding hydrogens is 442 g/mol. The van der Waals surface area contributed by atoms with Gasteiger partial charge in [-0.1, -0.05) is 72.8 Å². The zero-order chi connectivity index (χ0) is 22.0. The number of allylic oxidation sites excluding steroid dienone is 1. The number of nitrogens with zero attached hydrogens (tertiary/aromatic N) is 2. The quantitative estimate of drug-likeness (QED) is 0.483. The largest absolute Gasteiger partial charge is 1.00 e. The average Bonchev–Trinajstić information content (AvgIpc) is 3.28. The first kappa shape index (κ1) is 21.8. The number of aliphatic imine (C=N–C) groups is 2. The molecule has 1 unspecified atom stereocenters. The Morgan fingerprint density at radius 2 is 1.56 bits per heavy atom. The Hall–Kier alpha value is -3.99. The number of benzene rings is 4. The van der Waals surface area contributed by atoms with Gasteiger partial charge in [0.05, 0.1) is 18.0 Å². The molecule has 166 valence electrons. The molecule has 1 N–H and O–H groups in total. The standard InChI is InChI=1S/C29H21N3O.ClH/c1-2-7-21(8-3-1)20-33-26-12-6-11-25(18-26)29-31-28(27-19-30-15-16-32(27)29)24-14-13-22-9-4-5-10-23(22)17-24;/h1-19H,20H2;1H. The van der Waals surface area contributed by atoms with Crippen LogP contribution in [0.15, 0.2) is 125 Å². The van der Waals surface area contributed by atoms with Gasteiger partial charge in [-0.3, -0.25) is 4.99 Å². The fourth-order valence-corrected chi connectivity index (χ4v) is 4.27. The number of fused-ring (bicyclic) bond motifs is 2. The molecule has 2 heterocycles. The van der Waals surface area contributed by atoms with E-state index in [9.17, 15) is 0 Å². The molecule has 0 aromatic heterocycles. The highest BCUT2D eigenvalue weighted by Gasteiger charge is 2.33. The summed E-state index contributed by atoms with van der Waals surface area (Å²) in [6.45, 7) is 0.533. The molecule has 4 aromatic rings. The molecule has 0 saturated carbocycles. The number of quaternary nitrogens is 1. The predicted molar refractivity (Wildman–Crippen MR) is 133 cm³/mol. The lowest BCUT2D eigenvalue weighted by atomic mass is 10.0. The topological polar surface area (TPSA) is 38.4 Å². The zero-order valence-electron chi connectivity index (χ0n) is 18.4. The van der Waals surface area contributed by atoms with E-state index in [1.54, 1.807) is 0 Å². The number of hydrogen-bond acceptors (Lipinski definition) is 3. The van der Waals surface area contributed by atoms with Crippen molar-refractivity contribution in [1.29, 1.82) is 0 Å². The van der Waals surface area contributed by atoms with Crippen molar-refractivity contribution in [2.24, 2.45) is 9.98 Å². The van der Waals surface area contributed by atoms with E-state index in [4.69, 9.17) is 9.73 Å². The molecule has 0 aliphatic carbocycles. The van der Waals surface area contributed by atoms with Gasteiger partial charge >= 0.3 is 0 Å². The van der Waals surface area contributed by atoms with Crippen LogP contribution in [0.4, 0.5) is 0 Å². The van der Waals surface area contributed by atoms with Crippen LogP contribution in [0.5, 0.6) is 5.75 Å². The van der Waals surface area contributed by atoms with Crippen LogP contribution in [-0.4, -0.2) is 12.1 Å². The minimum atomic E-state index is 0. The van der Waals surface area contributed by atoms with E-state index in [-0.39, 0.29) is 12.4 Å². The molecule has 5 heteroatoms. The fourth-order valence-electron chi connectivity index (χ4n) is 4.27. The third-order valence-corrected chi connectivity index (χ3v) is 5.93. The molecule has 1 atom stereocenters. The number of hydrogen-bond donors (Lipinski definition) is 1. The fraction of sp³-hybridized carbons (Fsp3) is 0.0345. The molecule has 0 saturated heterocycles. The highest BCUT2D eigenvalue weighted by Crippen LogP contribution is 2.27. The van der Waals surface area contributed by atoms with Crippen molar-refractivity contribution in [2.45, 2.75) is 6.61 Å². The molecule has 0 spiro atoms. The second kappa shape index (κ2) is 9.48. The summed E-state index contributed by atoms with van der Waals surface area (Å²) in [6, 6.07) is 33.2. The maximum atomic E-state index is 6.07. The van der Waals surface area contributed by atoms with Crippen molar-refractivity contribution in [1.82, 2.24) is 0 Å². The lowest BCUT2D eigenvalue weighted by molar-refractivity contribution is -0.688. The zero-order valence-corrected chi connectivity index (χ0v) is 19.1. The van der Waals surface area contributed by atoms with Crippen LogP contribution < -0.4 is 22.0 Å². The number of amidine groups is 1. The maximum Gasteiger partial charge on any atom is 0.244 e. The van der Waals surface area contributed by atoms with Gasteiger partial charge in [-0.25, -0.2) is 4.90 Å². The van der Waals surface area contributed by atoms with Gasteiger partial charge in [0.15, 0.2) is 5.70 Å². The average molecular weight is 464 g/mol. The second-order valence-corrected chi connectivity index (χ2v) is 8.09. The molecule has 2 aliphatic heterocycles. The molecule has 0 fully saturated rings. The highest BCUT2D eigenvalue weighted by molar-refractivity contribution is 6.05. The summed E-state index contributed by atoms with van der Waals surface area (Å²) in [5.41, 5.74) is 5.27. The first-order valence-electron chi connectivity index (χ1n) is 11.0. The number of nitrogens with one attached hydrogen (secondary N) is 1. The number of halogens is 1. The Kier molecular flexibility index (Phi) is 6.09. The van der Waals surface area contributed by atoms with E-state index >= 15 is 0 Å². The monoisotopic (exact) mass is 463 g/mol. The van der Waals surface area contributed by atoms with Crippen molar-refractivity contribution in [3.63, 3.8) is 0 Å². The van der Waals surface area contributed by atoms with Crippen molar-refractivity contribution in [3.8, 4) is 5.75 Å². The smallest absolute Gasteiger partial charge is 0.244 e. The van der Waals surface area contributed by atoms with Gasteiger partial charge in [0.1, 0.15) is 24.3 Å². The van der Waals surface area contributed by atoms with E-state index in [0.29, 0.717) is 6.61 Å². The summed E-state index contributed by atoms with van der Waals surface area (Å²) in [7, 11) is 0. The lowest BCUT2D eigenvalue weighted by Crippen LogP contribution is -3.08. The van der Waals surface area contributed by atoms with E-state index in [1.165, 1.54) is 10.8 Å². The van der Waals surface area contributed by atoms with Crippen LogP contribution in [0.3, 0.4) is 0 Å². The molecular formula is C29H22ClN3O. The number of rotatable bonds is 5. The minimum absolute atomic E-state index is 0. The highest BCUT2D eigenvalue weighted by atomic mass is 35.5. The Bertz CT molecular complexity index is 1470. The normalized spacial score (nSPS) is 16.2. The van der Waals surface area contributed by atoms with Crippen LogP contribution in [0.1, 0.15) is 16.7 Å². The molecule has 2 aliphatic rings. The molecule has 4 nitrogen and oxygen atoms in total. The van der Waals surface area contributed by atoms with Crippen LogP contribution >= 0.6 is 0 Å². The summed E-state index contributed by atoms with van der Waals surface area (Å²) in [5.74, 6) is 1.77. The Labute approximate surface area is 204 Å². The minimum Gasteiger partial charge on any atom is -1.00 e. The van der Waals surface area contributed by atoms with Gasteiger partial charge in [0.25, 0.3) is 0 Å². The predicted octanol–water partition coefficient (Wildman–Crippen LogP) is 1.99. The second-order valence-electron chi connectivity index (χ2n) is 8.09. The Balaban J connectivity index is 0.00000241. The molecule has 34 heavy (non-hydrogen) atoms.